The lowest BCUT2D eigenvalue weighted by atomic mass is 9.79. The highest BCUT2D eigenvalue weighted by atomic mass is 32.2. The Morgan fingerprint density at radius 2 is 0.867 bits per heavy atom. The van der Waals surface area contributed by atoms with E-state index in [0.717, 1.165) is 102 Å². The van der Waals surface area contributed by atoms with Crippen LogP contribution in [0.15, 0.2) is 0 Å². The molecule has 0 aromatic carbocycles. The monoisotopic (exact) mass is 919 g/mol. The molecule has 0 saturated heterocycles. The van der Waals surface area contributed by atoms with E-state index in [1.807, 2.05) is 0 Å². The van der Waals surface area contributed by atoms with Crippen molar-refractivity contribution in [3.8, 4) is 0 Å². The second-order valence-corrected chi connectivity index (χ2v) is 25.2. The lowest BCUT2D eigenvalue weighted by molar-refractivity contribution is -0.151. The van der Waals surface area contributed by atoms with Crippen molar-refractivity contribution in [1.29, 1.82) is 0 Å². The van der Waals surface area contributed by atoms with E-state index in [4.69, 9.17) is 9.47 Å². The van der Waals surface area contributed by atoms with Gasteiger partial charge in [-0.15, -0.1) is 0 Å². The zero-order valence-electron chi connectivity index (χ0n) is 40.8. The summed E-state index contributed by atoms with van der Waals surface area (Å²) < 4.78 is 11.8. The molecule has 0 aromatic rings. The third kappa shape index (κ3) is 25.0. The molecule has 0 bridgehead atoms. The summed E-state index contributed by atoms with van der Waals surface area (Å²) in [6, 6.07) is 0. The van der Waals surface area contributed by atoms with Crippen LogP contribution in [0.5, 0.6) is 0 Å². The molecule has 354 valence electrons. The molecule has 0 heterocycles. The summed E-state index contributed by atoms with van der Waals surface area (Å²) in [4.78, 5) is 35.7. The number of ether oxygens (including phenoxy) is 2. The van der Waals surface area contributed by atoms with Crippen LogP contribution in [0, 0.1) is 35.5 Å². The highest BCUT2D eigenvalue weighted by Gasteiger charge is 2.37. The first kappa shape index (κ1) is 56.3. The maximum Gasteiger partial charge on any atom is 0.308 e. The molecule has 12 heteroatoms. The fourth-order valence-corrected chi connectivity index (χ4v) is 14.8. The molecule has 2 aliphatic rings. The van der Waals surface area contributed by atoms with Crippen LogP contribution >= 0.6 is 47.0 Å². The molecular weight excluding hydrogens is 825 g/mol. The summed E-state index contributed by atoms with van der Waals surface area (Å²) >= 11 is 8.49. The van der Waals surface area contributed by atoms with Gasteiger partial charge in [-0.1, -0.05) is 27.7 Å². The van der Waals surface area contributed by atoms with Crippen molar-refractivity contribution in [1.82, 2.24) is 19.6 Å². The normalized spacial score (nSPS) is 23.6. The van der Waals surface area contributed by atoms with E-state index in [0.29, 0.717) is 57.9 Å². The SMILES string of the molecule is CC(C)C(CCC1CCC(C(=O)OCCCCCCOC(=O)C2CCC(CCC(SCCN(C)C)C(C)C)C(SCCN(C)C)C2)CC1SCCN(C)C)SCCN(C)C. The zero-order chi connectivity index (χ0) is 44.5. The van der Waals surface area contributed by atoms with Gasteiger partial charge in [-0.3, -0.25) is 9.59 Å². The summed E-state index contributed by atoms with van der Waals surface area (Å²) in [5, 5.41) is 2.47. The van der Waals surface area contributed by atoms with Crippen LogP contribution < -0.4 is 0 Å². The fraction of sp³-hybridized carbons (Fsp3) is 0.958. The summed E-state index contributed by atoms with van der Waals surface area (Å²) in [6.07, 6.45) is 14.9. The summed E-state index contributed by atoms with van der Waals surface area (Å²) in [7, 11) is 17.2. The first-order chi connectivity index (χ1) is 28.6. The summed E-state index contributed by atoms with van der Waals surface area (Å²) in [5.41, 5.74) is 0. The molecule has 60 heavy (non-hydrogen) atoms. The Kier molecular flexibility index (Phi) is 30.8. The van der Waals surface area contributed by atoms with Gasteiger partial charge in [-0.25, -0.2) is 0 Å². The molecule has 2 fully saturated rings. The largest absolute Gasteiger partial charge is 0.465 e. The molecular formula is C48H94N4O4S4. The summed E-state index contributed by atoms with van der Waals surface area (Å²) in [6.45, 7) is 14.9. The molecule has 8 unspecified atom stereocenters. The van der Waals surface area contributed by atoms with Gasteiger partial charge >= 0.3 is 11.9 Å². The Hall–Kier alpha value is 0.180. The van der Waals surface area contributed by atoms with Crippen LogP contribution in [0.4, 0.5) is 0 Å². The number of carbonyl (C=O) groups is 2. The van der Waals surface area contributed by atoms with Crippen LogP contribution in [0.2, 0.25) is 0 Å². The van der Waals surface area contributed by atoms with Crippen LogP contribution in [0.1, 0.15) is 118 Å². The second kappa shape index (κ2) is 32.8. The van der Waals surface area contributed by atoms with Gasteiger partial charge in [-0.05, 0) is 170 Å². The lowest BCUT2D eigenvalue weighted by Crippen LogP contribution is -2.33. The second-order valence-electron chi connectivity index (χ2n) is 19.8. The van der Waals surface area contributed by atoms with Crippen LogP contribution in [0.25, 0.3) is 0 Å². The van der Waals surface area contributed by atoms with Crippen molar-refractivity contribution in [2.75, 3.05) is 119 Å². The molecule has 0 N–H and O–H groups in total. The Balaban J connectivity index is 1.73. The number of carbonyl (C=O) groups excluding carboxylic acids is 2. The molecule has 8 atom stereocenters. The average Bonchev–Trinajstić information content (AvgIpc) is 3.18. The van der Waals surface area contributed by atoms with E-state index in [2.05, 4.69) is 151 Å². The fourth-order valence-electron chi connectivity index (χ4n) is 8.54. The molecule has 0 radical (unpaired) electrons. The van der Waals surface area contributed by atoms with Gasteiger partial charge in [0.1, 0.15) is 0 Å². The van der Waals surface area contributed by atoms with Crippen molar-refractivity contribution in [2.45, 2.75) is 139 Å². The van der Waals surface area contributed by atoms with Crippen molar-refractivity contribution in [3.63, 3.8) is 0 Å². The van der Waals surface area contributed by atoms with E-state index in [1.165, 1.54) is 37.2 Å². The third-order valence-corrected chi connectivity index (χ3v) is 18.8. The van der Waals surface area contributed by atoms with Crippen molar-refractivity contribution in [2.24, 2.45) is 35.5 Å². The van der Waals surface area contributed by atoms with Crippen molar-refractivity contribution >= 4 is 59.0 Å². The Bertz CT molecular complexity index is 1030. The number of thioether (sulfide) groups is 4. The van der Waals surface area contributed by atoms with E-state index >= 15 is 0 Å². The molecule has 2 aliphatic carbocycles. The minimum absolute atomic E-state index is 0.0198. The standard InChI is InChI=1S/C48H94N4O4S4/c1-37(2)43(57-31-25-49(5)6)23-21-39-17-19-41(35-45(39)59-33-27-51(9)10)47(53)55-29-15-13-14-16-30-56-48(54)42-20-18-40(46(36-42)60-34-28-52(11)12)22-24-44(38(3)4)58-32-26-50(7)8/h37-46H,13-36H2,1-12H3. The summed E-state index contributed by atoms with van der Waals surface area (Å²) in [5.74, 6) is 7.46. The van der Waals surface area contributed by atoms with Crippen LogP contribution in [-0.2, 0) is 19.1 Å². The predicted molar refractivity (Wildman–Crippen MR) is 269 cm³/mol. The molecule has 0 spiro atoms. The van der Waals surface area contributed by atoms with Crippen molar-refractivity contribution in [3.05, 3.63) is 0 Å². The van der Waals surface area contributed by atoms with E-state index in [-0.39, 0.29) is 23.8 Å². The number of rotatable bonds is 33. The highest BCUT2D eigenvalue weighted by molar-refractivity contribution is 8.00. The quantitative estimate of drug-likeness (QED) is 0.0465. The minimum Gasteiger partial charge on any atom is -0.465 e. The topological polar surface area (TPSA) is 65.6 Å². The Labute approximate surface area is 388 Å². The van der Waals surface area contributed by atoms with Crippen molar-refractivity contribution < 1.29 is 19.1 Å². The molecule has 2 saturated carbocycles. The predicted octanol–water partition coefficient (Wildman–Crippen LogP) is 9.99. The van der Waals surface area contributed by atoms with Gasteiger partial charge in [0.05, 0.1) is 25.0 Å². The van der Waals surface area contributed by atoms with Gasteiger partial charge in [0, 0.05) is 70.2 Å². The van der Waals surface area contributed by atoms with Gasteiger partial charge in [0.2, 0.25) is 0 Å². The number of unbranched alkanes of at least 4 members (excludes halogenated alkanes) is 3. The van der Waals surface area contributed by atoms with Gasteiger partial charge in [-0.2, -0.15) is 47.0 Å². The molecule has 2 rings (SSSR count). The molecule has 8 nitrogen and oxygen atoms in total. The number of nitrogens with zero attached hydrogens (tertiary/aromatic N) is 4. The van der Waals surface area contributed by atoms with Gasteiger partial charge in [0.15, 0.2) is 0 Å². The zero-order valence-corrected chi connectivity index (χ0v) is 44.1. The third-order valence-electron chi connectivity index (χ3n) is 12.7. The Morgan fingerprint density at radius 3 is 1.20 bits per heavy atom. The minimum atomic E-state index is 0.0198. The maximum atomic E-state index is 13.3. The lowest BCUT2D eigenvalue weighted by Gasteiger charge is -2.36. The average molecular weight is 920 g/mol. The smallest absolute Gasteiger partial charge is 0.308 e. The maximum absolute atomic E-state index is 13.3. The van der Waals surface area contributed by atoms with E-state index in [9.17, 15) is 9.59 Å². The van der Waals surface area contributed by atoms with E-state index in [1.54, 1.807) is 0 Å². The molecule has 0 amide bonds. The first-order valence-corrected chi connectivity index (χ1v) is 28.1. The highest BCUT2D eigenvalue weighted by Crippen LogP contribution is 2.42. The van der Waals surface area contributed by atoms with Gasteiger partial charge < -0.3 is 29.1 Å². The van der Waals surface area contributed by atoms with Crippen LogP contribution in [0.3, 0.4) is 0 Å². The number of hydrogen-bond donors (Lipinski definition) is 0. The Morgan fingerprint density at radius 1 is 0.517 bits per heavy atom. The van der Waals surface area contributed by atoms with Crippen LogP contribution in [-0.4, -0.2) is 171 Å². The number of esters is 2. The molecule has 0 aliphatic heterocycles. The molecule has 0 aromatic heterocycles. The van der Waals surface area contributed by atoms with Gasteiger partial charge in [0.25, 0.3) is 0 Å². The first-order valence-electron chi connectivity index (χ1n) is 24.0. The van der Waals surface area contributed by atoms with E-state index < -0.39 is 0 Å². The number of hydrogen-bond acceptors (Lipinski definition) is 12.